The molecule has 0 saturated heterocycles. The van der Waals surface area contributed by atoms with Crippen LogP contribution in [0.2, 0.25) is 0 Å². The van der Waals surface area contributed by atoms with Crippen LogP contribution >= 0.6 is 0 Å². The van der Waals surface area contributed by atoms with Gasteiger partial charge in [0.1, 0.15) is 6.79 Å². The minimum Gasteiger partial charge on any atom is -0.481 e. The van der Waals surface area contributed by atoms with Crippen LogP contribution in [0.15, 0.2) is 24.3 Å². The molecule has 15 heavy (non-hydrogen) atoms. The predicted octanol–water partition coefficient (Wildman–Crippen LogP) is 1.43. The van der Waals surface area contributed by atoms with Gasteiger partial charge in [0.25, 0.3) is 0 Å². The Bertz CT molecular complexity index is 322. The molecule has 0 atom stereocenters. The largest absolute Gasteiger partial charge is 0.481 e. The smallest absolute Gasteiger partial charge is 0.307 e. The van der Waals surface area contributed by atoms with Gasteiger partial charge in [0, 0.05) is 7.11 Å². The molecule has 0 amide bonds. The van der Waals surface area contributed by atoms with Crippen molar-refractivity contribution in [2.45, 2.75) is 13.0 Å². The minimum atomic E-state index is -0.829. The Morgan fingerprint density at radius 2 is 2.13 bits per heavy atom. The van der Waals surface area contributed by atoms with E-state index in [4.69, 9.17) is 14.6 Å². The molecule has 0 heterocycles. The third-order valence-corrected chi connectivity index (χ3v) is 1.82. The molecule has 0 radical (unpaired) electrons. The Hall–Kier alpha value is -1.39. The van der Waals surface area contributed by atoms with E-state index in [9.17, 15) is 4.79 Å². The van der Waals surface area contributed by atoms with Crippen molar-refractivity contribution in [1.29, 1.82) is 0 Å². The van der Waals surface area contributed by atoms with Crippen molar-refractivity contribution >= 4 is 5.97 Å². The monoisotopic (exact) mass is 210 g/mol. The summed E-state index contributed by atoms with van der Waals surface area (Å²) in [4.78, 5) is 10.5. The van der Waals surface area contributed by atoms with Gasteiger partial charge in [0.2, 0.25) is 0 Å². The molecule has 1 aromatic carbocycles. The van der Waals surface area contributed by atoms with Gasteiger partial charge in [-0.3, -0.25) is 4.79 Å². The molecule has 0 aliphatic heterocycles. The number of aliphatic carboxylic acids is 1. The van der Waals surface area contributed by atoms with Gasteiger partial charge in [-0.05, 0) is 11.1 Å². The Balaban J connectivity index is 2.53. The molecule has 1 N–H and O–H groups in total. The van der Waals surface area contributed by atoms with Crippen LogP contribution in [0, 0.1) is 0 Å². The fourth-order valence-electron chi connectivity index (χ4n) is 1.25. The van der Waals surface area contributed by atoms with Crippen LogP contribution in [0.25, 0.3) is 0 Å². The summed E-state index contributed by atoms with van der Waals surface area (Å²) in [6.45, 7) is 0.671. The molecule has 0 spiro atoms. The van der Waals surface area contributed by atoms with Gasteiger partial charge in [0.15, 0.2) is 0 Å². The van der Waals surface area contributed by atoms with E-state index in [1.807, 2.05) is 18.2 Å². The van der Waals surface area contributed by atoms with Crippen molar-refractivity contribution in [3.05, 3.63) is 35.4 Å². The Morgan fingerprint density at radius 1 is 1.40 bits per heavy atom. The molecule has 82 valence electrons. The fraction of sp³-hybridized carbons (Fsp3) is 0.364. The molecule has 0 aliphatic rings. The van der Waals surface area contributed by atoms with E-state index in [1.165, 1.54) is 0 Å². The number of benzene rings is 1. The average molecular weight is 210 g/mol. The van der Waals surface area contributed by atoms with E-state index in [0.717, 1.165) is 11.1 Å². The standard InChI is InChI=1S/C11H14O4/c1-14-8-15-7-10-4-2-3-9(5-10)6-11(12)13/h2-5H,6-8H2,1H3,(H,12,13). The van der Waals surface area contributed by atoms with Crippen LogP contribution in [-0.2, 0) is 27.3 Å². The van der Waals surface area contributed by atoms with E-state index < -0.39 is 5.97 Å². The maximum atomic E-state index is 10.5. The summed E-state index contributed by atoms with van der Waals surface area (Å²) in [5.41, 5.74) is 1.73. The summed E-state index contributed by atoms with van der Waals surface area (Å²) < 4.78 is 9.90. The summed E-state index contributed by atoms with van der Waals surface area (Å²) >= 11 is 0. The van der Waals surface area contributed by atoms with Gasteiger partial charge in [-0.2, -0.15) is 0 Å². The zero-order valence-electron chi connectivity index (χ0n) is 8.60. The first-order chi connectivity index (χ1) is 7.22. The number of carboxylic acid groups (broad SMARTS) is 1. The summed E-state index contributed by atoms with van der Waals surface area (Å²) in [7, 11) is 1.56. The topological polar surface area (TPSA) is 55.8 Å². The first kappa shape index (κ1) is 11.7. The molecule has 0 saturated carbocycles. The lowest BCUT2D eigenvalue weighted by molar-refractivity contribution is -0.136. The Kier molecular flexibility index (Phi) is 4.80. The zero-order valence-corrected chi connectivity index (χ0v) is 8.60. The predicted molar refractivity (Wildman–Crippen MR) is 54.4 cm³/mol. The van der Waals surface area contributed by atoms with Crippen molar-refractivity contribution in [3.8, 4) is 0 Å². The summed E-state index contributed by atoms with van der Waals surface area (Å²) in [5.74, 6) is -0.829. The van der Waals surface area contributed by atoms with Crippen molar-refractivity contribution in [2.75, 3.05) is 13.9 Å². The van der Waals surface area contributed by atoms with Gasteiger partial charge in [-0.15, -0.1) is 0 Å². The maximum absolute atomic E-state index is 10.5. The average Bonchev–Trinajstić information content (AvgIpc) is 2.18. The van der Waals surface area contributed by atoms with Crippen LogP contribution in [0.4, 0.5) is 0 Å². The van der Waals surface area contributed by atoms with E-state index >= 15 is 0 Å². The third kappa shape index (κ3) is 4.58. The zero-order chi connectivity index (χ0) is 11.1. The molecular formula is C11H14O4. The first-order valence-corrected chi connectivity index (χ1v) is 4.58. The molecule has 1 rings (SSSR count). The van der Waals surface area contributed by atoms with Gasteiger partial charge in [-0.25, -0.2) is 0 Å². The highest BCUT2D eigenvalue weighted by Gasteiger charge is 2.01. The van der Waals surface area contributed by atoms with Crippen LogP contribution in [0.5, 0.6) is 0 Å². The molecule has 0 aliphatic carbocycles. The number of rotatable bonds is 6. The van der Waals surface area contributed by atoms with Gasteiger partial charge in [0.05, 0.1) is 13.0 Å². The summed E-state index contributed by atoms with van der Waals surface area (Å²) in [6.07, 6.45) is 0.0398. The number of hydrogen-bond donors (Lipinski definition) is 1. The van der Waals surface area contributed by atoms with E-state index in [2.05, 4.69) is 0 Å². The van der Waals surface area contributed by atoms with E-state index in [-0.39, 0.29) is 13.2 Å². The molecule has 0 bridgehead atoms. The van der Waals surface area contributed by atoms with Crippen LogP contribution in [-0.4, -0.2) is 25.0 Å². The summed E-state index contributed by atoms with van der Waals surface area (Å²) in [6, 6.07) is 7.32. The molecule has 0 aromatic heterocycles. The number of hydrogen-bond acceptors (Lipinski definition) is 3. The SMILES string of the molecule is COCOCc1cccc(CC(=O)O)c1. The van der Waals surface area contributed by atoms with Crippen molar-refractivity contribution in [2.24, 2.45) is 0 Å². The normalized spacial score (nSPS) is 10.2. The van der Waals surface area contributed by atoms with Gasteiger partial charge < -0.3 is 14.6 Å². The fourth-order valence-corrected chi connectivity index (χ4v) is 1.25. The second-order valence-electron chi connectivity index (χ2n) is 3.15. The second-order valence-corrected chi connectivity index (χ2v) is 3.15. The second kappa shape index (κ2) is 6.16. The summed E-state index contributed by atoms with van der Waals surface area (Å²) in [5, 5.41) is 8.62. The van der Waals surface area contributed by atoms with Gasteiger partial charge in [-0.1, -0.05) is 24.3 Å². The molecular weight excluding hydrogens is 196 g/mol. The van der Waals surface area contributed by atoms with Crippen molar-refractivity contribution in [3.63, 3.8) is 0 Å². The number of ether oxygens (including phenoxy) is 2. The lowest BCUT2D eigenvalue weighted by Crippen LogP contribution is -2.01. The lowest BCUT2D eigenvalue weighted by atomic mass is 10.1. The first-order valence-electron chi connectivity index (χ1n) is 4.58. The van der Waals surface area contributed by atoms with Crippen LogP contribution in [0.1, 0.15) is 11.1 Å². The van der Waals surface area contributed by atoms with Crippen molar-refractivity contribution < 1.29 is 19.4 Å². The Morgan fingerprint density at radius 3 is 2.80 bits per heavy atom. The number of methoxy groups -OCH3 is 1. The molecule has 1 aromatic rings. The third-order valence-electron chi connectivity index (χ3n) is 1.82. The maximum Gasteiger partial charge on any atom is 0.307 e. The van der Waals surface area contributed by atoms with E-state index in [1.54, 1.807) is 13.2 Å². The van der Waals surface area contributed by atoms with Crippen LogP contribution < -0.4 is 0 Å². The minimum absolute atomic E-state index is 0.0398. The lowest BCUT2D eigenvalue weighted by Gasteiger charge is -2.04. The van der Waals surface area contributed by atoms with E-state index in [0.29, 0.717) is 6.61 Å². The molecule has 0 unspecified atom stereocenters. The molecule has 0 fully saturated rings. The molecule has 4 nitrogen and oxygen atoms in total. The number of carboxylic acids is 1. The highest BCUT2D eigenvalue weighted by Crippen LogP contribution is 2.07. The molecule has 4 heteroatoms. The Labute approximate surface area is 88.4 Å². The van der Waals surface area contributed by atoms with Crippen molar-refractivity contribution in [1.82, 2.24) is 0 Å². The highest BCUT2D eigenvalue weighted by atomic mass is 16.7. The highest BCUT2D eigenvalue weighted by molar-refractivity contribution is 5.70. The van der Waals surface area contributed by atoms with Gasteiger partial charge >= 0.3 is 5.97 Å². The van der Waals surface area contributed by atoms with Crippen LogP contribution in [0.3, 0.4) is 0 Å². The quantitative estimate of drug-likeness (QED) is 0.570. The number of carbonyl (C=O) groups is 1.